The first kappa shape index (κ1) is 12.6. The van der Waals surface area contributed by atoms with E-state index >= 15 is 0 Å². The zero-order valence-corrected chi connectivity index (χ0v) is 10.1. The van der Waals surface area contributed by atoms with E-state index in [1.54, 1.807) is 0 Å². The Morgan fingerprint density at radius 1 is 1.35 bits per heavy atom. The number of nitrogens with one attached hydrogen (secondary N) is 1. The minimum Gasteiger partial charge on any atom is -0.381 e. The van der Waals surface area contributed by atoms with E-state index in [1.165, 1.54) is 12.1 Å². The summed E-state index contributed by atoms with van der Waals surface area (Å²) >= 11 is 5.84. The molecule has 0 aromatic heterocycles. The second-order valence-electron chi connectivity index (χ2n) is 4.43. The molecule has 1 unspecified atom stereocenters. The van der Waals surface area contributed by atoms with Crippen LogP contribution in [0.3, 0.4) is 0 Å². The lowest BCUT2D eigenvalue weighted by molar-refractivity contribution is -0.137. The molecule has 0 spiro atoms. The van der Waals surface area contributed by atoms with Crippen LogP contribution in [0.4, 0.5) is 18.9 Å². The highest BCUT2D eigenvalue weighted by Crippen LogP contribution is 2.41. The van der Waals surface area contributed by atoms with Crippen molar-refractivity contribution in [1.29, 1.82) is 0 Å². The van der Waals surface area contributed by atoms with Gasteiger partial charge in [0.2, 0.25) is 0 Å². The Kier molecular flexibility index (Phi) is 3.25. The van der Waals surface area contributed by atoms with E-state index in [0.29, 0.717) is 5.92 Å². The van der Waals surface area contributed by atoms with E-state index in [2.05, 4.69) is 5.32 Å². The van der Waals surface area contributed by atoms with Crippen LogP contribution in [0.25, 0.3) is 0 Å². The fraction of sp³-hybridized carbons (Fsp3) is 0.500. The maximum Gasteiger partial charge on any atom is 0.418 e. The van der Waals surface area contributed by atoms with Crippen molar-refractivity contribution in [3.8, 4) is 0 Å². The predicted molar refractivity (Wildman–Crippen MR) is 62.3 cm³/mol. The van der Waals surface area contributed by atoms with Gasteiger partial charge in [0.1, 0.15) is 0 Å². The van der Waals surface area contributed by atoms with Crippen LogP contribution in [0.2, 0.25) is 5.02 Å². The van der Waals surface area contributed by atoms with Gasteiger partial charge in [-0.15, -0.1) is 0 Å². The standard InChI is InChI=1S/C12H13ClF3N/c1-7(8-5-6-8)17-11-9(12(14,15)16)3-2-4-10(11)13/h2-4,7-8,17H,5-6H2,1H3. The Labute approximate surface area is 103 Å². The van der Waals surface area contributed by atoms with E-state index in [-0.39, 0.29) is 16.8 Å². The lowest BCUT2D eigenvalue weighted by atomic mass is 10.1. The largest absolute Gasteiger partial charge is 0.418 e. The van der Waals surface area contributed by atoms with Crippen LogP contribution in [0, 0.1) is 5.92 Å². The summed E-state index contributed by atoms with van der Waals surface area (Å²) < 4.78 is 38.4. The molecule has 0 aliphatic heterocycles. The number of alkyl halides is 3. The van der Waals surface area contributed by atoms with Gasteiger partial charge in [0, 0.05) is 6.04 Å². The van der Waals surface area contributed by atoms with Gasteiger partial charge >= 0.3 is 6.18 Å². The topological polar surface area (TPSA) is 12.0 Å². The fourth-order valence-electron chi connectivity index (χ4n) is 1.85. The van der Waals surface area contributed by atoms with Gasteiger partial charge in [-0.25, -0.2) is 0 Å². The van der Waals surface area contributed by atoms with Crippen LogP contribution in [0.1, 0.15) is 25.3 Å². The zero-order valence-electron chi connectivity index (χ0n) is 9.31. The highest BCUT2D eigenvalue weighted by atomic mass is 35.5. The van der Waals surface area contributed by atoms with Crippen LogP contribution in [-0.2, 0) is 6.18 Å². The molecule has 0 saturated heterocycles. The molecule has 94 valence electrons. The third-order valence-corrected chi connectivity index (χ3v) is 3.34. The van der Waals surface area contributed by atoms with Gasteiger partial charge in [0.15, 0.2) is 0 Å². The number of anilines is 1. The van der Waals surface area contributed by atoms with Crippen molar-refractivity contribution in [3.63, 3.8) is 0 Å². The first-order valence-electron chi connectivity index (χ1n) is 5.52. The summed E-state index contributed by atoms with van der Waals surface area (Å²) in [6.07, 6.45) is -2.24. The molecule has 1 nitrogen and oxygen atoms in total. The first-order chi connectivity index (χ1) is 7.89. The van der Waals surface area contributed by atoms with E-state index in [9.17, 15) is 13.2 Å². The van der Waals surface area contributed by atoms with Crippen LogP contribution in [-0.4, -0.2) is 6.04 Å². The molecule has 1 aliphatic carbocycles. The summed E-state index contributed by atoms with van der Waals surface area (Å²) in [5.41, 5.74) is -0.696. The molecule has 0 radical (unpaired) electrons. The maximum absolute atomic E-state index is 12.8. The molecule has 1 aromatic rings. The molecule has 0 bridgehead atoms. The minimum absolute atomic E-state index is 0.000988. The van der Waals surface area contributed by atoms with Gasteiger partial charge < -0.3 is 5.32 Å². The van der Waals surface area contributed by atoms with E-state index in [0.717, 1.165) is 18.9 Å². The molecule has 1 atom stereocenters. The molecule has 1 N–H and O–H groups in total. The average Bonchev–Trinajstić information content (AvgIpc) is 3.02. The van der Waals surface area contributed by atoms with Gasteiger partial charge in [0.25, 0.3) is 0 Å². The van der Waals surface area contributed by atoms with Crippen LogP contribution in [0.15, 0.2) is 18.2 Å². The molecule has 1 aliphatic rings. The van der Waals surface area contributed by atoms with E-state index in [1.807, 2.05) is 6.92 Å². The molecule has 17 heavy (non-hydrogen) atoms. The minimum atomic E-state index is -4.38. The average molecular weight is 264 g/mol. The van der Waals surface area contributed by atoms with Gasteiger partial charge in [-0.2, -0.15) is 13.2 Å². The Morgan fingerprint density at radius 2 is 2.00 bits per heavy atom. The summed E-state index contributed by atoms with van der Waals surface area (Å²) in [6, 6.07) is 3.86. The number of para-hydroxylation sites is 1. The smallest absolute Gasteiger partial charge is 0.381 e. The second kappa shape index (κ2) is 4.41. The number of hydrogen-bond donors (Lipinski definition) is 1. The Morgan fingerprint density at radius 3 is 2.53 bits per heavy atom. The van der Waals surface area contributed by atoms with Crippen molar-refractivity contribution in [2.45, 2.75) is 32.0 Å². The quantitative estimate of drug-likeness (QED) is 0.842. The summed E-state index contributed by atoms with van der Waals surface area (Å²) in [6.45, 7) is 1.89. The van der Waals surface area contributed by atoms with Crippen molar-refractivity contribution in [1.82, 2.24) is 0 Å². The zero-order chi connectivity index (χ0) is 12.6. The number of hydrogen-bond acceptors (Lipinski definition) is 1. The summed E-state index contributed by atoms with van der Waals surface area (Å²) in [5, 5.41) is 3.01. The fourth-order valence-corrected chi connectivity index (χ4v) is 2.08. The summed E-state index contributed by atoms with van der Waals surface area (Å²) in [5.74, 6) is 0.465. The van der Waals surface area contributed by atoms with E-state index in [4.69, 9.17) is 11.6 Å². The molecule has 1 saturated carbocycles. The SMILES string of the molecule is CC(Nc1c(Cl)cccc1C(F)(F)F)C1CC1. The predicted octanol–water partition coefficient (Wildman–Crippen LogP) is 4.57. The number of halogens is 4. The monoisotopic (exact) mass is 263 g/mol. The van der Waals surface area contributed by atoms with Crippen molar-refractivity contribution in [3.05, 3.63) is 28.8 Å². The van der Waals surface area contributed by atoms with Gasteiger partial charge in [-0.05, 0) is 37.8 Å². The normalized spacial score (nSPS) is 17.9. The molecule has 0 amide bonds. The third-order valence-electron chi connectivity index (χ3n) is 3.02. The third kappa shape index (κ3) is 2.86. The highest BCUT2D eigenvalue weighted by Gasteiger charge is 2.36. The molecular weight excluding hydrogens is 251 g/mol. The summed E-state index contributed by atoms with van der Waals surface area (Å²) in [7, 11) is 0. The van der Waals surface area contributed by atoms with Crippen LogP contribution >= 0.6 is 11.6 Å². The molecule has 1 aromatic carbocycles. The number of rotatable bonds is 3. The summed E-state index contributed by atoms with van der Waals surface area (Å²) in [4.78, 5) is 0. The van der Waals surface area contributed by atoms with Crippen LogP contribution < -0.4 is 5.32 Å². The second-order valence-corrected chi connectivity index (χ2v) is 4.84. The van der Waals surface area contributed by atoms with Crippen molar-refractivity contribution < 1.29 is 13.2 Å². The molecule has 0 heterocycles. The maximum atomic E-state index is 12.8. The van der Waals surface area contributed by atoms with Gasteiger partial charge in [-0.3, -0.25) is 0 Å². The molecule has 1 fully saturated rings. The molecule has 5 heteroatoms. The van der Waals surface area contributed by atoms with Crippen molar-refractivity contribution in [2.24, 2.45) is 5.92 Å². The Balaban J connectivity index is 2.29. The molecule has 2 rings (SSSR count). The van der Waals surface area contributed by atoms with Crippen molar-refractivity contribution in [2.75, 3.05) is 5.32 Å². The van der Waals surface area contributed by atoms with Crippen molar-refractivity contribution >= 4 is 17.3 Å². The first-order valence-corrected chi connectivity index (χ1v) is 5.89. The lowest BCUT2D eigenvalue weighted by Crippen LogP contribution is -2.20. The van der Waals surface area contributed by atoms with Crippen LogP contribution in [0.5, 0.6) is 0 Å². The Bertz CT molecular complexity index is 413. The van der Waals surface area contributed by atoms with E-state index < -0.39 is 11.7 Å². The highest BCUT2D eigenvalue weighted by molar-refractivity contribution is 6.33. The Hall–Kier alpha value is -0.900. The molecular formula is C12H13ClF3N. The van der Waals surface area contributed by atoms with Gasteiger partial charge in [0.05, 0.1) is 16.3 Å². The van der Waals surface area contributed by atoms with Gasteiger partial charge in [-0.1, -0.05) is 17.7 Å². The lowest BCUT2D eigenvalue weighted by Gasteiger charge is -2.20. The number of benzene rings is 1.